The van der Waals surface area contributed by atoms with Gasteiger partial charge in [-0.3, -0.25) is 0 Å². The molecule has 0 spiro atoms. The number of hydrogen-bond acceptors (Lipinski definition) is 5. The van der Waals surface area contributed by atoms with Crippen LogP contribution in [0.15, 0.2) is 20.4 Å². The second-order valence-corrected chi connectivity index (χ2v) is 6.33. The summed E-state index contributed by atoms with van der Waals surface area (Å²) in [6.45, 7) is 0. The van der Waals surface area contributed by atoms with E-state index >= 15 is 0 Å². The molecule has 3 rings (SSSR count). The molecule has 1 aliphatic rings. The molecule has 1 aliphatic carbocycles. The Morgan fingerprint density at radius 1 is 1.42 bits per heavy atom. The summed E-state index contributed by atoms with van der Waals surface area (Å²) in [5, 5.41) is 5.99. The molecule has 0 amide bonds. The molecule has 4 nitrogen and oxygen atoms in total. The highest BCUT2D eigenvalue weighted by Crippen LogP contribution is 2.36. The standard InChI is InChI=1S/C12H12BrN3OS.ClH/c13-8-6-9(18-7-8)2-3-10-15-11(16-17-10)12(14)4-1-5-12;/h2-3,6-7H,1,4-5,14H2;1H/b3-2+;. The summed E-state index contributed by atoms with van der Waals surface area (Å²) >= 11 is 5.06. The van der Waals surface area contributed by atoms with E-state index in [0.717, 1.165) is 28.6 Å². The van der Waals surface area contributed by atoms with Crippen LogP contribution in [0.5, 0.6) is 0 Å². The molecule has 0 unspecified atom stereocenters. The molecule has 2 heterocycles. The van der Waals surface area contributed by atoms with E-state index in [-0.39, 0.29) is 17.9 Å². The van der Waals surface area contributed by atoms with Crippen molar-refractivity contribution < 1.29 is 4.52 Å². The number of thiophene rings is 1. The maximum atomic E-state index is 6.13. The fourth-order valence-electron chi connectivity index (χ4n) is 1.86. The maximum Gasteiger partial charge on any atom is 0.250 e. The van der Waals surface area contributed by atoms with Crippen molar-refractivity contribution >= 4 is 51.8 Å². The van der Waals surface area contributed by atoms with Gasteiger partial charge in [0.1, 0.15) is 0 Å². The van der Waals surface area contributed by atoms with Gasteiger partial charge in [0.05, 0.1) is 5.54 Å². The minimum atomic E-state index is -0.360. The fraction of sp³-hybridized carbons (Fsp3) is 0.333. The van der Waals surface area contributed by atoms with Crippen LogP contribution in [0.4, 0.5) is 0 Å². The van der Waals surface area contributed by atoms with Crippen molar-refractivity contribution in [3.8, 4) is 0 Å². The fourth-order valence-corrected chi connectivity index (χ4v) is 3.19. The lowest BCUT2D eigenvalue weighted by molar-refractivity contribution is 0.229. The molecule has 0 radical (unpaired) electrons. The predicted octanol–water partition coefficient (Wildman–Crippen LogP) is 3.82. The summed E-state index contributed by atoms with van der Waals surface area (Å²) in [5.74, 6) is 1.13. The third-order valence-corrected chi connectivity index (χ3v) is 4.77. The molecular formula is C12H13BrClN3OS. The summed E-state index contributed by atoms with van der Waals surface area (Å²) < 4.78 is 6.26. The molecule has 1 saturated carbocycles. The van der Waals surface area contributed by atoms with Gasteiger partial charge < -0.3 is 10.3 Å². The number of hydrogen-bond donors (Lipinski definition) is 1. The lowest BCUT2D eigenvalue weighted by Crippen LogP contribution is -2.44. The van der Waals surface area contributed by atoms with Crippen molar-refractivity contribution in [3.05, 3.63) is 32.5 Å². The molecule has 0 atom stereocenters. The first kappa shape index (κ1) is 14.7. The average molecular weight is 363 g/mol. The third-order valence-electron chi connectivity index (χ3n) is 3.11. The van der Waals surface area contributed by atoms with E-state index in [1.807, 2.05) is 23.6 Å². The minimum Gasteiger partial charge on any atom is -0.335 e. The molecule has 0 aliphatic heterocycles. The highest BCUT2D eigenvalue weighted by Gasteiger charge is 2.38. The van der Waals surface area contributed by atoms with Crippen LogP contribution in [-0.4, -0.2) is 10.1 Å². The van der Waals surface area contributed by atoms with Gasteiger partial charge in [-0.15, -0.1) is 23.7 Å². The summed E-state index contributed by atoms with van der Waals surface area (Å²) in [6.07, 6.45) is 6.79. The van der Waals surface area contributed by atoms with Crippen LogP contribution in [0.2, 0.25) is 0 Å². The van der Waals surface area contributed by atoms with E-state index < -0.39 is 0 Å². The van der Waals surface area contributed by atoms with Crippen molar-refractivity contribution in [2.75, 3.05) is 0 Å². The lowest BCUT2D eigenvalue weighted by Gasteiger charge is -2.34. The SMILES string of the molecule is Cl.NC1(c2noc(/C=C/c3cc(Br)cs3)n2)CCC1. The average Bonchev–Trinajstić information content (AvgIpc) is 2.92. The molecular weight excluding hydrogens is 350 g/mol. The van der Waals surface area contributed by atoms with E-state index in [2.05, 4.69) is 26.1 Å². The highest BCUT2D eigenvalue weighted by atomic mass is 79.9. The smallest absolute Gasteiger partial charge is 0.250 e. The second-order valence-electron chi connectivity index (χ2n) is 4.47. The van der Waals surface area contributed by atoms with Crippen LogP contribution in [0.25, 0.3) is 12.2 Å². The van der Waals surface area contributed by atoms with Gasteiger partial charge in [0.2, 0.25) is 0 Å². The second kappa shape index (κ2) is 5.75. The molecule has 7 heteroatoms. The Morgan fingerprint density at radius 3 is 2.79 bits per heavy atom. The number of nitrogens with two attached hydrogens (primary N) is 1. The molecule has 102 valence electrons. The van der Waals surface area contributed by atoms with Gasteiger partial charge in [-0.1, -0.05) is 5.16 Å². The molecule has 0 aromatic carbocycles. The van der Waals surface area contributed by atoms with Gasteiger partial charge >= 0.3 is 0 Å². The Hall–Kier alpha value is -0.690. The van der Waals surface area contributed by atoms with Crippen LogP contribution < -0.4 is 5.73 Å². The Balaban J connectivity index is 0.00000133. The summed E-state index contributed by atoms with van der Waals surface area (Å²) in [4.78, 5) is 5.46. The van der Waals surface area contributed by atoms with Gasteiger partial charge in [0.25, 0.3) is 5.89 Å². The summed E-state index contributed by atoms with van der Waals surface area (Å²) in [5.41, 5.74) is 5.78. The van der Waals surface area contributed by atoms with E-state index in [4.69, 9.17) is 10.3 Å². The van der Waals surface area contributed by atoms with Gasteiger partial charge in [-0.05, 0) is 47.3 Å². The van der Waals surface area contributed by atoms with Crippen molar-refractivity contribution in [1.29, 1.82) is 0 Å². The molecule has 2 aromatic heterocycles. The van der Waals surface area contributed by atoms with Gasteiger partial charge in [0, 0.05) is 20.8 Å². The molecule has 0 bridgehead atoms. The molecule has 0 saturated heterocycles. The first-order valence-corrected chi connectivity index (χ1v) is 7.38. The molecule has 19 heavy (non-hydrogen) atoms. The van der Waals surface area contributed by atoms with Crippen molar-refractivity contribution in [3.63, 3.8) is 0 Å². The van der Waals surface area contributed by atoms with Crippen molar-refractivity contribution in [1.82, 2.24) is 10.1 Å². The maximum absolute atomic E-state index is 6.13. The van der Waals surface area contributed by atoms with Gasteiger partial charge in [0.15, 0.2) is 5.82 Å². The Bertz CT molecular complexity index is 591. The van der Waals surface area contributed by atoms with Crippen molar-refractivity contribution in [2.45, 2.75) is 24.8 Å². The number of aromatic nitrogens is 2. The molecule has 1 fully saturated rings. The lowest BCUT2D eigenvalue weighted by atomic mass is 9.77. The summed E-state index contributed by atoms with van der Waals surface area (Å²) in [7, 11) is 0. The Kier molecular flexibility index (Phi) is 4.45. The zero-order chi connectivity index (χ0) is 12.6. The Labute approximate surface area is 129 Å². The quantitative estimate of drug-likeness (QED) is 0.901. The normalized spacial score (nSPS) is 17.2. The predicted molar refractivity (Wildman–Crippen MR) is 82.2 cm³/mol. The first-order chi connectivity index (χ1) is 8.66. The largest absolute Gasteiger partial charge is 0.335 e. The number of nitrogens with zero attached hydrogens (tertiary/aromatic N) is 2. The number of halogens is 2. The van der Waals surface area contributed by atoms with Crippen LogP contribution in [0, 0.1) is 0 Å². The zero-order valence-corrected chi connectivity index (χ0v) is 13.2. The van der Waals surface area contributed by atoms with Crippen LogP contribution in [0.1, 0.15) is 35.9 Å². The van der Waals surface area contributed by atoms with E-state index in [9.17, 15) is 0 Å². The van der Waals surface area contributed by atoms with Crippen LogP contribution in [0.3, 0.4) is 0 Å². The minimum absolute atomic E-state index is 0. The Morgan fingerprint density at radius 2 is 2.21 bits per heavy atom. The van der Waals surface area contributed by atoms with E-state index in [1.165, 1.54) is 0 Å². The van der Waals surface area contributed by atoms with E-state index in [1.54, 1.807) is 11.3 Å². The summed E-state index contributed by atoms with van der Waals surface area (Å²) in [6, 6.07) is 2.04. The van der Waals surface area contributed by atoms with Crippen LogP contribution >= 0.6 is 39.7 Å². The number of rotatable bonds is 3. The van der Waals surface area contributed by atoms with Gasteiger partial charge in [-0.25, -0.2) is 0 Å². The van der Waals surface area contributed by atoms with Crippen molar-refractivity contribution in [2.24, 2.45) is 5.73 Å². The first-order valence-electron chi connectivity index (χ1n) is 5.71. The van der Waals surface area contributed by atoms with Crippen LogP contribution in [-0.2, 0) is 5.54 Å². The molecule has 2 aromatic rings. The monoisotopic (exact) mass is 361 g/mol. The topological polar surface area (TPSA) is 64.9 Å². The highest BCUT2D eigenvalue weighted by molar-refractivity contribution is 9.10. The third kappa shape index (κ3) is 3.08. The van der Waals surface area contributed by atoms with Gasteiger partial charge in [-0.2, -0.15) is 4.98 Å². The van der Waals surface area contributed by atoms with E-state index in [0.29, 0.717) is 11.7 Å². The zero-order valence-electron chi connectivity index (χ0n) is 10.0. The molecule has 2 N–H and O–H groups in total.